The Morgan fingerprint density at radius 2 is 1.92 bits per heavy atom. The number of hydrogen-bond donors (Lipinski definition) is 0. The van der Waals surface area contributed by atoms with E-state index in [1.54, 1.807) is 13.4 Å². The summed E-state index contributed by atoms with van der Waals surface area (Å²) in [5.74, 6) is 0.631. The predicted molar refractivity (Wildman–Crippen MR) is 102 cm³/mol. The highest BCUT2D eigenvalue weighted by atomic mass is 16.5. The quantitative estimate of drug-likeness (QED) is 0.697. The summed E-state index contributed by atoms with van der Waals surface area (Å²) in [6.07, 6.45) is 4.45. The molecule has 0 saturated carbocycles. The van der Waals surface area contributed by atoms with Gasteiger partial charge >= 0.3 is 0 Å². The predicted octanol–water partition coefficient (Wildman–Crippen LogP) is 1.74. The Labute approximate surface area is 153 Å². The minimum Gasteiger partial charge on any atom is -0.480 e. The molecule has 0 spiro atoms. The summed E-state index contributed by atoms with van der Waals surface area (Å²) in [6.45, 7) is 5.25. The van der Waals surface area contributed by atoms with Crippen molar-refractivity contribution in [3.8, 4) is 5.88 Å². The van der Waals surface area contributed by atoms with Crippen LogP contribution >= 0.6 is 0 Å². The summed E-state index contributed by atoms with van der Waals surface area (Å²) in [4.78, 5) is 13.5. The molecular weight excluding hydrogens is 328 g/mol. The van der Waals surface area contributed by atoms with Crippen molar-refractivity contribution in [1.82, 2.24) is 24.6 Å². The van der Waals surface area contributed by atoms with Crippen molar-refractivity contribution in [1.29, 1.82) is 0 Å². The summed E-state index contributed by atoms with van der Waals surface area (Å²) in [6, 6.07) is 8.42. The Hall–Kier alpha value is -2.67. The lowest BCUT2D eigenvalue weighted by molar-refractivity contribution is 0.259. The molecule has 1 aromatic carbocycles. The summed E-state index contributed by atoms with van der Waals surface area (Å²) in [7, 11) is 3.65. The monoisotopic (exact) mass is 352 g/mol. The van der Waals surface area contributed by atoms with Gasteiger partial charge in [0.2, 0.25) is 5.88 Å². The van der Waals surface area contributed by atoms with Crippen LogP contribution in [0.15, 0.2) is 36.8 Å². The summed E-state index contributed by atoms with van der Waals surface area (Å²) in [5.41, 5.74) is 3.40. The van der Waals surface area contributed by atoms with E-state index < -0.39 is 0 Å². The molecule has 3 heterocycles. The standard InChI is InChI=1S/C19H24N6O/c1-23-15(5-7-22-23)6-8-24-9-11-25(12-10-24)16-3-4-18-17(13-16)19(26-2)21-14-20-18/h3-5,7,13-14H,6,8-12H2,1-2H3. The number of fused-ring (bicyclic) bond motifs is 1. The highest BCUT2D eigenvalue weighted by Gasteiger charge is 2.18. The minimum absolute atomic E-state index is 0.631. The second-order valence-electron chi connectivity index (χ2n) is 6.61. The van der Waals surface area contributed by atoms with E-state index >= 15 is 0 Å². The van der Waals surface area contributed by atoms with Gasteiger partial charge in [0.05, 0.1) is 18.0 Å². The van der Waals surface area contributed by atoms with Crippen LogP contribution in [-0.2, 0) is 13.5 Å². The molecular formula is C19H24N6O. The van der Waals surface area contributed by atoms with Gasteiger partial charge in [0.25, 0.3) is 0 Å². The van der Waals surface area contributed by atoms with Crippen LogP contribution in [0.3, 0.4) is 0 Å². The van der Waals surface area contributed by atoms with Crippen LogP contribution in [0.4, 0.5) is 5.69 Å². The van der Waals surface area contributed by atoms with E-state index in [2.05, 4.69) is 43.1 Å². The number of aryl methyl sites for hydroxylation is 1. The molecule has 1 aliphatic rings. The van der Waals surface area contributed by atoms with Crippen molar-refractivity contribution in [3.05, 3.63) is 42.5 Å². The molecule has 0 amide bonds. The molecule has 1 saturated heterocycles. The Bertz CT molecular complexity index is 885. The first kappa shape index (κ1) is 16.8. The zero-order valence-corrected chi connectivity index (χ0v) is 15.3. The van der Waals surface area contributed by atoms with Crippen LogP contribution in [0.1, 0.15) is 5.69 Å². The van der Waals surface area contributed by atoms with Crippen LogP contribution in [0.25, 0.3) is 10.9 Å². The fraction of sp³-hybridized carbons (Fsp3) is 0.421. The lowest BCUT2D eigenvalue weighted by Crippen LogP contribution is -2.47. The molecule has 0 N–H and O–H groups in total. The molecule has 2 aromatic heterocycles. The minimum atomic E-state index is 0.631. The highest BCUT2D eigenvalue weighted by molar-refractivity contribution is 5.86. The third-order valence-electron chi connectivity index (χ3n) is 5.12. The Morgan fingerprint density at radius 1 is 1.08 bits per heavy atom. The van der Waals surface area contributed by atoms with Gasteiger partial charge in [-0.05, 0) is 24.3 Å². The maximum atomic E-state index is 5.38. The van der Waals surface area contributed by atoms with Gasteiger partial charge in [-0.1, -0.05) is 0 Å². The van der Waals surface area contributed by atoms with Crippen LogP contribution in [0, 0.1) is 0 Å². The molecule has 7 heteroatoms. The number of hydrogen-bond acceptors (Lipinski definition) is 6. The van der Waals surface area contributed by atoms with Gasteiger partial charge < -0.3 is 9.64 Å². The van der Waals surface area contributed by atoms with Gasteiger partial charge in [-0.2, -0.15) is 5.10 Å². The first-order valence-corrected chi connectivity index (χ1v) is 8.97. The molecule has 4 rings (SSSR count). The molecule has 0 unspecified atom stereocenters. The average molecular weight is 352 g/mol. The molecule has 0 bridgehead atoms. The molecule has 0 atom stereocenters. The lowest BCUT2D eigenvalue weighted by Gasteiger charge is -2.36. The molecule has 0 radical (unpaired) electrons. The largest absolute Gasteiger partial charge is 0.480 e. The zero-order valence-electron chi connectivity index (χ0n) is 15.3. The van der Waals surface area contributed by atoms with Gasteiger partial charge in [-0.25, -0.2) is 9.97 Å². The van der Waals surface area contributed by atoms with E-state index in [0.29, 0.717) is 5.88 Å². The van der Waals surface area contributed by atoms with Crippen LogP contribution in [0.5, 0.6) is 5.88 Å². The zero-order chi connectivity index (χ0) is 17.9. The van der Waals surface area contributed by atoms with Crippen molar-refractivity contribution in [2.24, 2.45) is 7.05 Å². The maximum absolute atomic E-state index is 5.38. The Morgan fingerprint density at radius 3 is 2.65 bits per heavy atom. The normalized spacial score (nSPS) is 15.5. The van der Waals surface area contributed by atoms with Crippen molar-refractivity contribution in [3.63, 3.8) is 0 Å². The fourth-order valence-electron chi connectivity index (χ4n) is 3.53. The second kappa shape index (κ2) is 7.29. The van der Waals surface area contributed by atoms with Crippen LogP contribution < -0.4 is 9.64 Å². The van der Waals surface area contributed by atoms with Gasteiger partial charge in [-0.3, -0.25) is 9.58 Å². The number of ether oxygens (including phenoxy) is 1. The van der Waals surface area contributed by atoms with Gasteiger partial charge in [0.1, 0.15) is 6.33 Å². The van der Waals surface area contributed by atoms with E-state index in [9.17, 15) is 0 Å². The molecule has 26 heavy (non-hydrogen) atoms. The fourth-order valence-corrected chi connectivity index (χ4v) is 3.53. The van der Waals surface area contributed by atoms with Crippen molar-refractivity contribution in [2.45, 2.75) is 6.42 Å². The SMILES string of the molecule is COc1ncnc2ccc(N3CCN(CCc4ccnn4C)CC3)cc12. The molecule has 1 aliphatic heterocycles. The third kappa shape index (κ3) is 3.35. The van der Waals surface area contributed by atoms with Crippen LogP contribution in [-0.4, -0.2) is 64.5 Å². The highest BCUT2D eigenvalue weighted by Crippen LogP contribution is 2.27. The first-order chi connectivity index (χ1) is 12.7. The van der Waals surface area contributed by atoms with Crippen molar-refractivity contribution >= 4 is 16.6 Å². The molecule has 0 aliphatic carbocycles. The maximum Gasteiger partial charge on any atom is 0.224 e. The Balaban J connectivity index is 1.40. The molecule has 1 fully saturated rings. The van der Waals surface area contributed by atoms with E-state index in [-0.39, 0.29) is 0 Å². The Kier molecular flexibility index (Phi) is 4.71. The summed E-state index contributed by atoms with van der Waals surface area (Å²) < 4.78 is 7.34. The topological polar surface area (TPSA) is 59.3 Å². The summed E-state index contributed by atoms with van der Waals surface area (Å²) in [5, 5.41) is 5.20. The van der Waals surface area contributed by atoms with Gasteiger partial charge in [0.15, 0.2) is 0 Å². The molecule has 7 nitrogen and oxygen atoms in total. The van der Waals surface area contributed by atoms with Crippen molar-refractivity contribution in [2.75, 3.05) is 44.7 Å². The van der Waals surface area contributed by atoms with E-state index in [0.717, 1.165) is 50.0 Å². The number of nitrogens with zero attached hydrogens (tertiary/aromatic N) is 6. The van der Waals surface area contributed by atoms with E-state index in [1.807, 2.05) is 24.0 Å². The number of benzene rings is 1. The smallest absolute Gasteiger partial charge is 0.224 e. The number of piperazine rings is 1. The van der Waals surface area contributed by atoms with Gasteiger partial charge in [-0.15, -0.1) is 0 Å². The summed E-state index contributed by atoms with van der Waals surface area (Å²) >= 11 is 0. The molecule has 3 aromatic rings. The third-order valence-corrected chi connectivity index (χ3v) is 5.12. The number of aromatic nitrogens is 4. The first-order valence-electron chi connectivity index (χ1n) is 8.97. The van der Waals surface area contributed by atoms with Crippen LogP contribution in [0.2, 0.25) is 0 Å². The number of rotatable bonds is 5. The van der Waals surface area contributed by atoms with E-state index in [1.165, 1.54) is 11.4 Å². The average Bonchev–Trinajstić information content (AvgIpc) is 3.10. The lowest BCUT2D eigenvalue weighted by atomic mass is 10.1. The number of anilines is 1. The van der Waals surface area contributed by atoms with E-state index in [4.69, 9.17) is 4.74 Å². The number of methoxy groups -OCH3 is 1. The second-order valence-corrected chi connectivity index (χ2v) is 6.61. The van der Waals surface area contributed by atoms with Gasteiger partial charge in [0, 0.05) is 63.8 Å². The van der Waals surface area contributed by atoms with Crippen molar-refractivity contribution < 1.29 is 4.74 Å². The molecule has 136 valence electrons.